The zero-order valence-electron chi connectivity index (χ0n) is 10.7. The Morgan fingerprint density at radius 1 is 1.16 bits per heavy atom. The number of hydrogen-bond donors (Lipinski definition) is 1. The second-order valence-corrected chi connectivity index (χ2v) is 5.21. The van der Waals surface area contributed by atoms with Crippen LogP contribution in [0.25, 0.3) is 11.0 Å². The van der Waals surface area contributed by atoms with Gasteiger partial charge in [0.2, 0.25) is 5.95 Å². The van der Waals surface area contributed by atoms with E-state index >= 15 is 0 Å². The topological polar surface area (TPSA) is 74.6 Å². The van der Waals surface area contributed by atoms with Crippen LogP contribution in [0.3, 0.4) is 0 Å². The van der Waals surface area contributed by atoms with Crippen molar-refractivity contribution in [1.29, 1.82) is 0 Å². The maximum atomic E-state index is 5.66. The first-order valence-corrected chi connectivity index (χ1v) is 6.83. The lowest BCUT2D eigenvalue weighted by atomic mass is 10.3. The molecule has 3 rings (SSSR count). The van der Waals surface area contributed by atoms with Gasteiger partial charge in [-0.2, -0.15) is 0 Å². The third-order valence-electron chi connectivity index (χ3n) is 3.08. The molecule has 3 aromatic rings. The third kappa shape index (κ3) is 2.06. The minimum atomic E-state index is 0.424. The lowest BCUT2D eigenvalue weighted by Gasteiger charge is -2.02. The summed E-state index contributed by atoms with van der Waals surface area (Å²) in [6, 6.07) is 8.10. The molecule has 0 aliphatic heterocycles. The molecule has 1 aromatic carbocycles. The predicted octanol–water partition coefficient (Wildman–Crippen LogP) is 1.58. The zero-order valence-corrected chi connectivity index (χ0v) is 11.6. The van der Waals surface area contributed by atoms with Gasteiger partial charge in [-0.05, 0) is 12.1 Å². The SMILES string of the molecule is Cn1c(N)nnc1SCc1nc2ccccc2n1C. The number of benzene rings is 1. The number of nitrogens with two attached hydrogens (primary N) is 1. The van der Waals surface area contributed by atoms with Gasteiger partial charge < -0.3 is 10.3 Å². The smallest absolute Gasteiger partial charge is 0.222 e. The van der Waals surface area contributed by atoms with Gasteiger partial charge in [0, 0.05) is 14.1 Å². The van der Waals surface area contributed by atoms with E-state index in [9.17, 15) is 0 Å². The highest BCUT2D eigenvalue weighted by atomic mass is 32.2. The Bertz CT molecular complexity index is 729. The van der Waals surface area contributed by atoms with Gasteiger partial charge in [0.25, 0.3) is 0 Å². The van der Waals surface area contributed by atoms with E-state index in [1.807, 2.05) is 32.3 Å². The number of nitrogen functional groups attached to an aromatic ring is 1. The Morgan fingerprint density at radius 3 is 2.63 bits per heavy atom. The minimum absolute atomic E-state index is 0.424. The fourth-order valence-electron chi connectivity index (χ4n) is 1.91. The maximum Gasteiger partial charge on any atom is 0.222 e. The maximum absolute atomic E-state index is 5.66. The average molecular weight is 274 g/mol. The number of aromatic nitrogens is 5. The van der Waals surface area contributed by atoms with Gasteiger partial charge in [0.1, 0.15) is 5.82 Å². The number of fused-ring (bicyclic) bond motifs is 1. The van der Waals surface area contributed by atoms with Gasteiger partial charge in [-0.25, -0.2) is 4.98 Å². The monoisotopic (exact) mass is 274 g/mol. The number of rotatable bonds is 3. The fourth-order valence-corrected chi connectivity index (χ4v) is 2.81. The van der Waals surface area contributed by atoms with Crippen molar-refractivity contribution in [3.63, 3.8) is 0 Å². The lowest BCUT2D eigenvalue weighted by Crippen LogP contribution is -1.99. The highest BCUT2D eigenvalue weighted by Crippen LogP contribution is 2.23. The molecule has 0 spiro atoms. The van der Waals surface area contributed by atoms with Crippen molar-refractivity contribution in [2.75, 3.05) is 5.73 Å². The minimum Gasteiger partial charge on any atom is -0.368 e. The number of thioether (sulfide) groups is 1. The molecule has 19 heavy (non-hydrogen) atoms. The Kier molecular flexibility index (Phi) is 2.90. The van der Waals surface area contributed by atoms with Gasteiger partial charge in [-0.1, -0.05) is 23.9 Å². The molecule has 0 fully saturated rings. The second kappa shape index (κ2) is 4.58. The molecule has 98 valence electrons. The van der Waals surface area contributed by atoms with Crippen LogP contribution < -0.4 is 5.73 Å². The van der Waals surface area contributed by atoms with Crippen LogP contribution in [0, 0.1) is 0 Å². The lowest BCUT2D eigenvalue weighted by molar-refractivity contribution is 0.792. The van der Waals surface area contributed by atoms with Crippen LogP contribution in [0.5, 0.6) is 0 Å². The molecule has 0 unspecified atom stereocenters. The normalized spacial score (nSPS) is 11.3. The van der Waals surface area contributed by atoms with Gasteiger partial charge in [0.15, 0.2) is 5.16 Å². The zero-order chi connectivity index (χ0) is 13.4. The summed E-state index contributed by atoms with van der Waals surface area (Å²) in [5.41, 5.74) is 7.80. The van der Waals surface area contributed by atoms with Crippen LogP contribution in [0.2, 0.25) is 0 Å². The van der Waals surface area contributed by atoms with Crippen molar-refractivity contribution < 1.29 is 0 Å². The number of hydrogen-bond acceptors (Lipinski definition) is 5. The Labute approximate surface area is 114 Å². The van der Waals surface area contributed by atoms with Crippen molar-refractivity contribution in [1.82, 2.24) is 24.3 Å². The van der Waals surface area contributed by atoms with Gasteiger partial charge in [-0.15, -0.1) is 10.2 Å². The van der Waals surface area contributed by atoms with Crippen LogP contribution in [-0.4, -0.2) is 24.3 Å². The van der Waals surface area contributed by atoms with E-state index in [4.69, 9.17) is 5.73 Å². The molecule has 6 nitrogen and oxygen atoms in total. The first-order valence-electron chi connectivity index (χ1n) is 5.85. The summed E-state index contributed by atoms with van der Waals surface area (Å²) >= 11 is 1.58. The molecule has 0 bridgehead atoms. The summed E-state index contributed by atoms with van der Waals surface area (Å²) in [7, 11) is 3.88. The molecule has 0 atom stereocenters. The molecule has 0 saturated heterocycles. The van der Waals surface area contributed by atoms with Crippen molar-refractivity contribution >= 4 is 28.7 Å². The average Bonchev–Trinajstić information content (AvgIpc) is 2.91. The van der Waals surface area contributed by atoms with Crippen molar-refractivity contribution in [3.05, 3.63) is 30.1 Å². The Morgan fingerprint density at radius 2 is 1.95 bits per heavy atom. The van der Waals surface area contributed by atoms with Gasteiger partial charge >= 0.3 is 0 Å². The largest absolute Gasteiger partial charge is 0.368 e. The van der Waals surface area contributed by atoms with Crippen LogP contribution >= 0.6 is 11.8 Å². The van der Waals surface area contributed by atoms with Gasteiger partial charge in [-0.3, -0.25) is 4.57 Å². The molecule has 2 N–H and O–H groups in total. The quantitative estimate of drug-likeness (QED) is 0.734. The van der Waals surface area contributed by atoms with E-state index in [1.165, 1.54) is 0 Å². The van der Waals surface area contributed by atoms with Crippen LogP contribution in [-0.2, 0) is 19.8 Å². The van der Waals surface area contributed by atoms with E-state index in [0.717, 1.165) is 27.8 Å². The predicted molar refractivity (Wildman–Crippen MR) is 75.7 cm³/mol. The van der Waals surface area contributed by atoms with E-state index in [2.05, 4.69) is 25.8 Å². The molecule has 2 heterocycles. The molecule has 0 saturated carbocycles. The highest BCUT2D eigenvalue weighted by molar-refractivity contribution is 7.98. The first-order chi connectivity index (χ1) is 9.16. The molecule has 0 amide bonds. The number of aryl methyl sites for hydroxylation is 1. The number of imidazole rings is 1. The standard InChI is InChI=1S/C12H14N6S/c1-17-9-6-4-3-5-8(9)14-10(17)7-19-12-16-15-11(13)18(12)2/h3-6H,7H2,1-2H3,(H2,13,15). The molecule has 0 aliphatic rings. The Balaban J connectivity index is 1.86. The molecule has 0 aliphatic carbocycles. The van der Waals surface area contributed by atoms with Crippen LogP contribution in [0.4, 0.5) is 5.95 Å². The molecule has 0 radical (unpaired) electrons. The molecular formula is C12H14N6S. The summed E-state index contributed by atoms with van der Waals surface area (Å²) < 4.78 is 3.87. The number of nitrogens with zero attached hydrogens (tertiary/aromatic N) is 5. The third-order valence-corrected chi connectivity index (χ3v) is 4.09. The van der Waals surface area contributed by atoms with Crippen molar-refractivity contribution in [3.8, 4) is 0 Å². The molecular weight excluding hydrogens is 260 g/mol. The highest BCUT2D eigenvalue weighted by Gasteiger charge is 2.10. The summed E-state index contributed by atoms with van der Waals surface area (Å²) in [6.45, 7) is 0. The molecule has 7 heteroatoms. The van der Waals surface area contributed by atoms with E-state index in [1.54, 1.807) is 16.3 Å². The number of para-hydroxylation sites is 2. The van der Waals surface area contributed by atoms with E-state index in [0.29, 0.717) is 5.95 Å². The van der Waals surface area contributed by atoms with Crippen molar-refractivity contribution in [2.24, 2.45) is 14.1 Å². The van der Waals surface area contributed by atoms with E-state index < -0.39 is 0 Å². The van der Waals surface area contributed by atoms with Crippen molar-refractivity contribution in [2.45, 2.75) is 10.9 Å². The summed E-state index contributed by atoms with van der Waals surface area (Å²) in [5, 5.41) is 8.66. The van der Waals surface area contributed by atoms with Crippen LogP contribution in [0.1, 0.15) is 5.82 Å². The van der Waals surface area contributed by atoms with Gasteiger partial charge in [0.05, 0.1) is 16.8 Å². The first kappa shape index (κ1) is 12.0. The Hall–Kier alpha value is -2.02. The van der Waals surface area contributed by atoms with Crippen LogP contribution in [0.15, 0.2) is 29.4 Å². The summed E-state index contributed by atoms with van der Waals surface area (Å²) in [4.78, 5) is 4.62. The fraction of sp³-hybridized carbons (Fsp3) is 0.250. The second-order valence-electron chi connectivity index (χ2n) is 4.26. The van der Waals surface area contributed by atoms with E-state index in [-0.39, 0.29) is 0 Å². The number of anilines is 1. The molecule has 2 aromatic heterocycles. The summed E-state index contributed by atoms with van der Waals surface area (Å²) in [5.74, 6) is 2.16. The summed E-state index contributed by atoms with van der Waals surface area (Å²) in [6.07, 6.45) is 0.